The van der Waals surface area contributed by atoms with E-state index in [0.29, 0.717) is 6.07 Å². The van der Waals surface area contributed by atoms with Crippen molar-refractivity contribution in [2.45, 2.75) is 12.5 Å². The van der Waals surface area contributed by atoms with E-state index >= 15 is 0 Å². The van der Waals surface area contributed by atoms with E-state index in [1.54, 1.807) is 0 Å². The minimum absolute atomic E-state index is 0.0207. The van der Waals surface area contributed by atoms with Gasteiger partial charge < -0.3 is 9.47 Å². The number of carbonyl (C=O) groups is 1. The summed E-state index contributed by atoms with van der Waals surface area (Å²) in [6, 6.07) is 6.46. The van der Waals surface area contributed by atoms with E-state index in [-0.39, 0.29) is 23.3 Å². The Kier molecular flexibility index (Phi) is 4.72. The summed E-state index contributed by atoms with van der Waals surface area (Å²) in [5, 5.41) is 0. The predicted molar refractivity (Wildman–Crippen MR) is 70.0 cm³/mol. The Morgan fingerprint density at radius 2 is 1.42 bits per heavy atom. The van der Waals surface area contributed by atoms with E-state index in [1.807, 2.05) is 0 Å². The van der Waals surface area contributed by atoms with Gasteiger partial charge in [-0.25, -0.2) is 0 Å². The molecule has 2 rings (SSSR count). The second kappa shape index (κ2) is 6.42. The summed E-state index contributed by atoms with van der Waals surface area (Å²) >= 11 is 0. The molecule has 0 amide bonds. The molecule has 0 N–H and O–H groups in total. The molecule has 24 heavy (non-hydrogen) atoms. The number of aldehydes is 1. The summed E-state index contributed by atoms with van der Waals surface area (Å²) in [6.45, 7) is 0. The van der Waals surface area contributed by atoms with Crippen LogP contribution in [0.25, 0.3) is 0 Å². The van der Waals surface area contributed by atoms with Crippen molar-refractivity contribution >= 4 is 6.29 Å². The summed E-state index contributed by atoms with van der Waals surface area (Å²) in [7, 11) is 0. The molecule has 0 aliphatic heterocycles. The molecule has 0 aliphatic carbocycles. The lowest BCUT2D eigenvalue weighted by Gasteiger charge is -2.12. The lowest BCUT2D eigenvalue weighted by molar-refractivity contribution is -0.274. The second-order valence-corrected chi connectivity index (χ2v) is 4.49. The highest BCUT2D eigenvalue weighted by Gasteiger charge is 2.32. The van der Waals surface area contributed by atoms with Gasteiger partial charge in [0.05, 0.1) is 11.1 Å². The molecule has 0 saturated heterocycles. The van der Waals surface area contributed by atoms with Gasteiger partial charge in [-0.2, -0.15) is 13.2 Å². The summed E-state index contributed by atoms with van der Waals surface area (Å²) < 4.78 is 82.7. The highest BCUT2D eigenvalue weighted by molar-refractivity contribution is 5.80. The third kappa shape index (κ3) is 4.64. The molecule has 0 aromatic heterocycles. The van der Waals surface area contributed by atoms with Crippen LogP contribution in [0.15, 0.2) is 42.5 Å². The third-order valence-electron chi connectivity index (χ3n) is 2.75. The second-order valence-electron chi connectivity index (χ2n) is 4.49. The van der Waals surface area contributed by atoms with E-state index in [4.69, 9.17) is 4.74 Å². The highest BCUT2D eigenvalue weighted by Crippen LogP contribution is 2.34. The van der Waals surface area contributed by atoms with Gasteiger partial charge >= 0.3 is 12.5 Å². The predicted octanol–water partition coefficient (Wildman–Crippen LogP) is 5.21. The Labute approximate surface area is 131 Å². The molecule has 0 fully saturated rings. The Bertz CT molecular complexity index is 719. The summed E-state index contributed by atoms with van der Waals surface area (Å²) in [5.74, 6) is -0.632. The van der Waals surface area contributed by atoms with Crippen LogP contribution >= 0.6 is 0 Å². The van der Waals surface area contributed by atoms with Gasteiger partial charge in [0.15, 0.2) is 6.29 Å². The maximum atomic E-state index is 12.6. The Morgan fingerprint density at radius 3 is 1.92 bits per heavy atom. The van der Waals surface area contributed by atoms with Crippen molar-refractivity contribution < 1.29 is 40.6 Å². The SMILES string of the molecule is O=Cc1cc(C(F)(F)F)ccc1Oc1ccc(OC(F)(F)F)cc1. The van der Waals surface area contributed by atoms with Crippen LogP contribution in [0.1, 0.15) is 15.9 Å². The number of ether oxygens (including phenoxy) is 2. The molecular weight excluding hydrogens is 342 g/mol. The van der Waals surface area contributed by atoms with Crippen molar-refractivity contribution in [1.82, 2.24) is 0 Å². The monoisotopic (exact) mass is 350 g/mol. The normalized spacial score (nSPS) is 11.9. The van der Waals surface area contributed by atoms with Crippen LogP contribution < -0.4 is 9.47 Å². The number of hydrogen-bond donors (Lipinski definition) is 0. The first kappa shape index (κ1) is 17.6. The quantitative estimate of drug-likeness (QED) is 0.561. The standard InChI is InChI=1S/C15H8F6O3/c16-14(17,18)10-1-6-13(9(7-10)8-22)23-11-2-4-12(5-3-11)24-15(19,20)21/h1-8H. The van der Waals surface area contributed by atoms with Crippen molar-refractivity contribution in [2.75, 3.05) is 0 Å². The molecule has 0 unspecified atom stereocenters. The maximum absolute atomic E-state index is 12.6. The lowest BCUT2D eigenvalue weighted by atomic mass is 10.1. The van der Waals surface area contributed by atoms with Gasteiger partial charge in [-0.1, -0.05) is 0 Å². The minimum Gasteiger partial charge on any atom is -0.457 e. The molecule has 0 aliphatic rings. The summed E-state index contributed by atoms with van der Waals surface area (Å²) in [4.78, 5) is 10.9. The molecule has 0 spiro atoms. The van der Waals surface area contributed by atoms with Gasteiger partial charge in [0.1, 0.15) is 17.2 Å². The van der Waals surface area contributed by atoms with Crippen LogP contribution in [0.3, 0.4) is 0 Å². The lowest BCUT2D eigenvalue weighted by Crippen LogP contribution is -2.16. The van der Waals surface area contributed by atoms with Gasteiger partial charge in [0.25, 0.3) is 0 Å². The first-order valence-corrected chi connectivity index (χ1v) is 6.28. The van der Waals surface area contributed by atoms with Crippen molar-refractivity contribution in [3.63, 3.8) is 0 Å². The summed E-state index contributed by atoms with van der Waals surface area (Å²) in [6.07, 6.45) is -9.28. The largest absolute Gasteiger partial charge is 0.573 e. The third-order valence-corrected chi connectivity index (χ3v) is 2.75. The number of rotatable bonds is 4. The Hall–Kier alpha value is -2.71. The highest BCUT2D eigenvalue weighted by atomic mass is 19.4. The molecule has 2 aromatic rings. The van der Waals surface area contributed by atoms with E-state index in [0.717, 1.165) is 36.4 Å². The molecule has 0 bridgehead atoms. The zero-order valence-electron chi connectivity index (χ0n) is 11.6. The molecule has 3 nitrogen and oxygen atoms in total. The minimum atomic E-state index is -4.85. The number of hydrogen-bond acceptors (Lipinski definition) is 3. The summed E-state index contributed by atoms with van der Waals surface area (Å²) in [5.41, 5.74) is -1.37. The number of alkyl halides is 6. The zero-order valence-corrected chi connectivity index (χ0v) is 11.6. The van der Waals surface area contributed by atoms with Crippen molar-refractivity contribution in [3.8, 4) is 17.2 Å². The van der Waals surface area contributed by atoms with Crippen LogP contribution in [0.2, 0.25) is 0 Å². The molecule has 2 aromatic carbocycles. The smallest absolute Gasteiger partial charge is 0.457 e. The molecule has 0 saturated carbocycles. The van der Waals surface area contributed by atoms with E-state index in [2.05, 4.69) is 4.74 Å². The van der Waals surface area contributed by atoms with Crippen LogP contribution in [0.5, 0.6) is 17.2 Å². The molecule has 128 valence electrons. The Balaban J connectivity index is 2.20. The fraction of sp³-hybridized carbons (Fsp3) is 0.133. The topological polar surface area (TPSA) is 35.5 Å². The van der Waals surface area contributed by atoms with Gasteiger partial charge in [0, 0.05) is 0 Å². The van der Waals surface area contributed by atoms with Crippen molar-refractivity contribution in [1.29, 1.82) is 0 Å². The van der Waals surface area contributed by atoms with Gasteiger partial charge in [-0.3, -0.25) is 4.79 Å². The van der Waals surface area contributed by atoms with E-state index < -0.39 is 23.9 Å². The molecular formula is C15H8F6O3. The average Bonchev–Trinajstić information content (AvgIpc) is 2.47. The van der Waals surface area contributed by atoms with Crippen LogP contribution in [-0.4, -0.2) is 12.6 Å². The fourth-order valence-electron chi connectivity index (χ4n) is 1.75. The van der Waals surface area contributed by atoms with E-state index in [1.165, 1.54) is 0 Å². The number of carbonyl (C=O) groups excluding carboxylic acids is 1. The molecule has 9 heteroatoms. The van der Waals surface area contributed by atoms with Crippen LogP contribution in [-0.2, 0) is 6.18 Å². The first-order chi connectivity index (χ1) is 11.1. The van der Waals surface area contributed by atoms with Gasteiger partial charge in [0.2, 0.25) is 0 Å². The number of halogens is 6. The van der Waals surface area contributed by atoms with Gasteiger partial charge in [-0.05, 0) is 42.5 Å². The average molecular weight is 350 g/mol. The first-order valence-electron chi connectivity index (χ1n) is 6.28. The van der Waals surface area contributed by atoms with Gasteiger partial charge in [-0.15, -0.1) is 13.2 Å². The molecule has 0 heterocycles. The molecule has 0 atom stereocenters. The molecule has 0 radical (unpaired) electrons. The zero-order chi connectivity index (χ0) is 18.0. The van der Waals surface area contributed by atoms with E-state index in [9.17, 15) is 31.1 Å². The fourth-order valence-corrected chi connectivity index (χ4v) is 1.75. The maximum Gasteiger partial charge on any atom is 0.573 e. The Morgan fingerprint density at radius 1 is 0.833 bits per heavy atom. The van der Waals surface area contributed by atoms with Crippen molar-refractivity contribution in [3.05, 3.63) is 53.6 Å². The van der Waals surface area contributed by atoms with Crippen LogP contribution in [0, 0.1) is 0 Å². The number of benzene rings is 2. The van der Waals surface area contributed by atoms with Crippen molar-refractivity contribution in [2.24, 2.45) is 0 Å². The van der Waals surface area contributed by atoms with Crippen LogP contribution in [0.4, 0.5) is 26.3 Å².